The van der Waals surface area contributed by atoms with E-state index < -0.39 is 0 Å². The van der Waals surface area contributed by atoms with Crippen molar-refractivity contribution in [2.24, 2.45) is 0 Å². The van der Waals surface area contributed by atoms with E-state index in [9.17, 15) is 0 Å². The van der Waals surface area contributed by atoms with E-state index in [2.05, 4.69) is 10.6 Å². The lowest BCUT2D eigenvalue weighted by Gasteiger charge is -2.05. The third-order valence-electron chi connectivity index (χ3n) is 1.39. The van der Waals surface area contributed by atoms with Gasteiger partial charge in [-0.2, -0.15) is 0 Å². The second kappa shape index (κ2) is 5.00. The van der Waals surface area contributed by atoms with E-state index in [0.717, 1.165) is 5.56 Å². The van der Waals surface area contributed by atoms with E-state index in [1.807, 2.05) is 6.07 Å². The zero-order chi connectivity index (χ0) is 9.84. The molecule has 2 nitrogen and oxygen atoms in total. The van der Waals surface area contributed by atoms with Gasteiger partial charge in [-0.05, 0) is 18.3 Å². The molecule has 0 amide bonds. The molecule has 0 atom stereocenters. The molecule has 0 bridgehead atoms. The largest absolute Gasteiger partial charge is 0.366 e. The molecule has 0 aliphatic carbocycles. The summed E-state index contributed by atoms with van der Waals surface area (Å²) in [6, 6.07) is 1.83. The Labute approximate surface area is 96.2 Å². The summed E-state index contributed by atoms with van der Waals surface area (Å²) in [4.78, 5) is 0. The first kappa shape index (κ1) is 11.0. The minimum atomic E-state index is 0.596. The minimum Gasteiger partial charge on any atom is -0.366 e. The molecule has 1 heterocycles. The molecule has 2 N–H and O–H groups in total. The van der Waals surface area contributed by atoms with Gasteiger partial charge in [0.15, 0.2) is 5.11 Å². The second-order valence-electron chi connectivity index (χ2n) is 2.28. The first-order valence-corrected chi connectivity index (χ1v) is 5.51. The molecular weight excluding hydrogens is 247 g/mol. The topological polar surface area (TPSA) is 24.1 Å². The predicted octanol–water partition coefficient (Wildman–Crippen LogP) is 2.65. The molecule has 0 radical (unpaired) electrons. The fourth-order valence-electron chi connectivity index (χ4n) is 0.759. The van der Waals surface area contributed by atoms with E-state index in [1.54, 1.807) is 7.05 Å². The van der Waals surface area contributed by atoms with Crippen molar-refractivity contribution in [2.45, 2.75) is 6.54 Å². The highest BCUT2D eigenvalue weighted by molar-refractivity contribution is 7.80. The smallest absolute Gasteiger partial charge is 0.166 e. The second-order valence-corrected chi connectivity index (χ2v) is 4.98. The highest BCUT2D eigenvalue weighted by Gasteiger charge is 2.05. The summed E-state index contributed by atoms with van der Waals surface area (Å²) in [6.07, 6.45) is 0. The lowest BCUT2D eigenvalue weighted by Crippen LogP contribution is -2.31. The Bertz CT molecular complexity index is 311. The Kier molecular flexibility index (Phi) is 4.25. The Balaban J connectivity index is 2.54. The van der Waals surface area contributed by atoms with Crippen molar-refractivity contribution in [1.29, 1.82) is 0 Å². The number of hydrogen-bond acceptors (Lipinski definition) is 2. The highest BCUT2D eigenvalue weighted by Crippen LogP contribution is 2.30. The van der Waals surface area contributed by atoms with Gasteiger partial charge in [-0.3, -0.25) is 0 Å². The maximum absolute atomic E-state index is 5.90. The van der Waals surface area contributed by atoms with Crippen LogP contribution in [0.5, 0.6) is 0 Å². The Morgan fingerprint density at radius 1 is 1.62 bits per heavy atom. The molecule has 0 saturated heterocycles. The van der Waals surface area contributed by atoms with Crippen molar-refractivity contribution >= 4 is 51.9 Å². The normalized spacial score (nSPS) is 9.77. The number of hydrogen-bond donors (Lipinski definition) is 2. The van der Waals surface area contributed by atoms with Crippen molar-refractivity contribution in [2.75, 3.05) is 7.05 Å². The quantitative estimate of drug-likeness (QED) is 0.794. The van der Waals surface area contributed by atoms with Gasteiger partial charge in [-0.1, -0.05) is 23.2 Å². The van der Waals surface area contributed by atoms with Crippen LogP contribution in [-0.2, 0) is 6.54 Å². The fourth-order valence-corrected chi connectivity index (χ4v) is 2.32. The summed E-state index contributed by atoms with van der Waals surface area (Å²) in [6.45, 7) is 0.599. The minimum absolute atomic E-state index is 0.596. The van der Waals surface area contributed by atoms with Crippen molar-refractivity contribution in [3.05, 3.63) is 20.3 Å². The number of halogens is 2. The number of thiophene rings is 1. The predicted molar refractivity (Wildman–Crippen MR) is 62.8 cm³/mol. The molecule has 0 unspecified atom stereocenters. The van der Waals surface area contributed by atoms with Gasteiger partial charge in [-0.15, -0.1) is 11.3 Å². The highest BCUT2D eigenvalue weighted by atomic mass is 35.5. The maximum Gasteiger partial charge on any atom is 0.166 e. The number of rotatable bonds is 2. The van der Waals surface area contributed by atoms with Crippen LogP contribution in [0.2, 0.25) is 8.67 Å². The van der Waals surface area contributed by atoms with E-state index in [4.69, 9.17) is 35.4 Å². The molecule has 13 heavy (non-hydrogen) atoms. The summed E-state index contributed by atoms with van der Waals surface area (Å²) >= 11 is 17.9. The van der Waals surface area contributed by atoms with Gasteiger partial charge in [0.25, 0.3) is 0 Å². The fraction of sp³-hybridized carbons (Fsp3) is 0.286. The zero-order valence-corrected chi connectivity index (χ0v) is 10.0. The van der Waals surface area contributed by atoms with Crippen molar-refractivity contribution in [3.63, 3.8) is 0 Å². The third-order valence-corrected chi connectivity index (χ3v) is 3.31. The molecule has 1 rings (SSSR count). The summed E-state index contributed by atoms with van der Waals surface area (Å²) < 4.78 is 1.40. The summed E-state index contributed by atoms with van der Waals surface area (Å²) in [5.74, 6) is 0. The average Bonchev–Trinajstić information content (AvgIpc) is 2.41. The van der Waals surface area contributed by atoms with Crippen LogP contribution in [0, 0.1) is 0 Å². The molecule has 1 aromatic heterocycles. The molecule has 72 valence electrons. The average molecular weight is 255 g/mol. The molecule has 0 spiro atoms. The first-order valence-electron chi connectivity index (χ1n) is 3.52. The van der Waals surface area contributed by atoms with Crippen LogP contribution < -0.4 is 10.6 Å². The molecular formula is C7H8Cl2N2S2. The molecule has 0 saturated carbocycles. The lowest BCUT2D eigenvalue weighted by molar-refractivity contribution is 0.895. The van der Waals surface area contributed by atoms with Crippen LogP contribution >= 0.6 is 46.8 Å². The van der Waals surface area contributed by atoms with Gasteiger partial charge in [0, 0.05) is 19.2 Å². The van der Waals surface area contributed by atoms with Crippen LogP contribution in [0.4, 0.5) is 0 Å². The van der Waals surface area contributed by atoms with Crippen molar-refractivity contribution in [1.82, 2.24) is 10.6 Å². The Morgan fingerprint density at radius 2 is 2.31 bits per heavy atom. The van der Waals surface area contributed by atoms with Gasteiger partial charge in [0.1, 0.15) is 0 Å². The van der Waals surface area contributed by atoms with Crippen LogP contribution in [0.1, 0.15) is 5.56 Å². The van der Waals surface area contributed by atoms with Gasteiger partial charge >= 0.3 is 0 Å². The zero-order valence-electron chi connectivity index (χ0n) is 6.86. The van der Waals surface area contributed by atoms with Crippen LogP contribution in [0.25, 0.3) is 0 Å². The third kappa shape index (κ3) is 3.31. The van der Waals surface area contributed by atoms with Gasteiger partial charge in [0.2, 0.25) is 0 Å². The van der Waals surface area contributed by atoms with Crippen LogP contribution in [0.15, 0.2) is 6.07 Å². The monoisotopic (exact) mass is 254 g/mol. The molecule has 0 aliphatic rings. The Morgan fingerprint density at radius 3 is 2.77 bits per heavy atom. The maximum atomic E-state index is 5.90. The lowest BCUT2D eigenvalue weighted by atomic mass is 10.3. The van der Waals surface area contributed by atoms with Crippen molar-refractivity contribution in [3.8, 4) is 0 Å². The number of nitrogens with one attached hydrogen (secondary N) is 2. The summed E-state index contributed by atoms with van der Waals surface area (Å²) in [5, 5.41) is 6.39. The SMILES string of the molecule is CNC(=S)NCc1cc(Cl)sc1Cl. The van der Waals surface area contributed by atoms with E-state index in [1.165, 1.54) is 11.3 Å². The van der Waals surface area contributed by atoms with Crippen LogP contribution in [-0.4, -0.2) is 12.2 Å². The van der Waals surface area contributed by atoms with Gasteiger partial charge < -0.3 is 10.6 Å². The molecule has 0 aromatic carbocycles. The summed E-state index contributed by atoms with van der Waals surface area (Å²) in [5.41, 5.74) is 0.967. The first-order chi connectivity index (χ1) is 6.13. The van der Waals surface area contributed by atoms with Crippen molar-refractivity contribution < 1.29 is 0 Å². The molecule has 1 aromatic rings. The number of thiocarbonyl (C=S) groups is 1. The van der Waals surface area contributed by atoms with Gasteiger partial charge in [0.05, 0.1) is 8.67 Å². The summed E-state index contributed by atoms with van der Waals surface area (Å²) in [7, 11) is 1.76. The van der Waals surface area contributed by atoms with E-state index in [0.29, 0.717) is 20.3 Å². The van der Waals surface area contributed by atoms with E-state index >= 15 is 0 Å². The molecule has 0 aliphatic heterocycles. The Hall–Kier alpha value is -0.0300. The van der Waals surface area contributed by atoms with Crippen LogP contribution in [0.3, 0.4) is 0 Å². The molecule has 0 fully saturated rings. The molecule has 6 heteroatoms. The van der Waals surface area contributed by atoms with Gasteiger partial charge in [-0.25, -0.2) is 0 Å². The standard InChI is InChI=1S/C7H8Cl2N2S2/c1-10-7(12)11-3-4-2-5(8)13-6(4)9/h2H,3H2,1H3,(H2,10,11,12). The van der Waals surface area contributed by atoms with E-state index in [-0.39, 0.29) is 0 Å².